The molecular weight excluding hydrogens is 461 g/mol. The molecule has 4 rings (SSSR count). The summed E-state index contributed by atoms with van der Waals surface area (Å²) < 4.78 is 5.02. The molecule has 1 aliphatic heterocycles. The Balaban J connectivity index is 1.38. The lowest BCUT2D eigenvalue weighted by Crippen LogP contribution is -2.49. The number of hydrogen-bond acceptors (Lipinski definition) is 5. The minimum atomic E-state index is -0.291. The lowest BCUT2D eigenvalue weighted by Gasteiger charge is -2.36. The maximum Gasteiger partial charge on any atom is 0.341 e. The molecule has 0 spiro atoms. The van der Waals surface area contributed by atoms with Crippen LogP contribution in [0.2, 0.25) is 10.0 Å². The van der Waals surface area contributed by atoms with Gasteiger partial charge in [-0.05, 0) is 49.2 Å². The highest BCUT2D eigenvalue weighted by atomic mass is 35.5. The molecule has 1 N–H and O–H groups in total. The molecule has 2 aliphatic rings. The van der Waals surface area contributed by atoms with Gasteiger partial charge in [-0.2, -0.15) is 0 Å². The number of methoxy groups -OCH3 is 1. The molecule has 0 atom stereocenters. The largest absolute Gasteiger partial charge is 0.465 e. The summed E-state index contributed by atoms with van der Waals surface area (Å²) in [6, 6.07) is 5.60. The molecule has 1 aromatic heterocycles. The number of thiocarbonyl (C=S) groups is 1. The number of fused-ring (bicyclic) bond motifs is 1. The molecule has 0 bridgehead atoms. The van der Waals surface area contributed by atoms with Gasteiger partial charge in [0.25, 0.3) is 0 Å². The zero-order chi connectivity index (χ0) is 21.3. The fourth-order valence-corrected chi connectivity index (χ4v) is 6.15. The SMILES string of the molecule is COC(=O)c1c(NC(=S)N2CCN(Cc3c(Cl)cccc3Cl)CC2)sc2c1CCC2. The second kappa shape index (κ2) is 9.40. The van der Waals surface area contributed by atoms with Gasteiger partial charge in [-0.3, -0.25) is 4.90 Å². The Morgan fingerprint density at radius 2 is 1.90 bits per heavy atom. The lowest BCUT2D eigenvalue weighted by molar-refractivity contribution is 0.0601. The van der Waals surface area contributed by atoms with Crippen molar-refractivity contribution in [3.63, 3.8) is 0 Å². The average Bonchev–Trinajstić information content (AvgIpc) is 3.31. The fraction of sp³-hybridized carbons (Fsp3) is 0.429. The molecule has 2 aromatic rings. The number of carbonyl (C=O) groups is 1. The van der Waals surface area contributed by atoms with E-state index in [2.05, 4.69) is 15.1 Å². The monoisotopic (exact) mass is 483 g/mol. The Morgan fingerprint density at radius 1 is 1.20 bits per heavy atom. The maximum atomic E-state index is 12.3. The van der Waals surface area contributed by atoms with Gasteiger partial charge in [-0.1, -0.05) is 29.3 Å². The van der Waals surface area contributed by atoms with Crippen molar-refractivity contribution >= 4 is 62.8 Å². The first kappa shape index (κ1) is 21.8. The fourth-order valence-electron chi connectivity index (χ4n) is 4.00. The molecule has 1 saturated heterocycles. The number of anilines is 1. The van der Waals surface area contributed by atoms with Crippen molar-refractivity contribution in [2.24, 2.45) is 0 Å². The minimum absolute atomic E-state index is 0.291. The van der Waals surface area contributed by atoms with Crippen LogP contribution in [0.25, 0.3) is 0 Å². The van der Waals surface area contributed by atoms with Crippen LogP contribution in [0.5, 0.6) is 0 Å². The molecule has 0 saturated carbocycles. The second-order valence-electron chi connectivity index (χ2n) is 7.45. The third-order valence-electron chi connectivity index (χ3n) is 5.63. The van der Waals surface area contributed by atoms with Crippen molar-refractivity contribution in [1.82, 2.24) is 9.80 Å². The van der Waals surface area contributed by atoms with Crippen LogP contribution in [0.15, 0.2) is 18.2 Å². The summed E-state index contributed by atoms with van der Waals surface area (Å²) in [6.07, 6.45) is 3.03. The Bertz CT molecular complexity index is 951. The Labute approximate surface area is 195 Å². The van der Waals surface area contributed by atoms with Crippen LogP contribution in [0.4, 0.5) is 5.00 Å². The van der Waals surface area contributed by atoms with Gasteiger partial charge in [0.05, 0.1) is 12.7 Å². The number of aryl methyl sites for hydroxylation is 1. The number of ether oxygens (including phenoxy) is 1. The van der Waals surface area contributed by atoms with Crippen molar-refractivity contribution in [3.8, 4) is 0 Å². The molecule has 1 aromatic carbocycles. The van der Waals surface area contributed by atoms with E-state index in [4.69, 9.17) is 40.2 Å². The summed E-state index contributed by atoms with van der Waals surface area (Å²) in [5.74, 6) is -0.291. The third kappa shape index (κ3) is 4.46. The highest BCUT2D eigenvalue weighted by molar-refractivity contribution is 7.80. The first-order valence-corrected chi connectivity index (χ1v) is 11.9. The number of hydrogen-bond donors (Lipinski definition) is 1. The molecule has 1 aliphatic carbocycles. The van der Waals surface area contributed by atoms with Gasteiger partial charge in [0.1, 0.15) is 5.00 Å². The molecule has 160 valence electrons. The summed E-state index contributed by atoms with van der Waals surface area (Å²) in [4.78, 5) is 18.1. The number of piperazine rings is 1. The van der Waals surface area contributed by atoms with E-state index in [1.807, 2.05) is 18.2 Å². The molecular formula is C21H23Cl2N3O2S2. The van der Waals surface area contributed by atoms with Crippen molar-refractivity contribution in [3.05, 3.63) is 49.8 Å². The van der Waals surface area contributed by atoms with Crippen LogP contribution in [-0.4, -0.2) is 54.2 Å². The van der Waals surface area contributed by atoms with Gasteiger partial charge >= 0.3 is 5.97 Å². The van der Waals surface area contributed by atoms with Gasteiger partial charge in [-0.25, -0.2) is 4.79 Å². The van der Waals surface area contributed by atoms with E-state index >= 15 is 0 Å². The van der Waals surface area contributed by atoms with Crippen molar-refractivity contribution in [2.45, 2.75) is 25.8 Å². The number of benzene rings is 1. The predicted octanol–water partition coefficient (Wildman–Crippen LogP) is 4.84. The number of nitrogens with zero attached hydrogens (tertiary/aromatic N) is 2. The summed E-state index contributed by atoms with van der Waals surface area (Å²) in [5.41, 5.74) is 2.74. The van der Waals surface area contributed by atoms with Crippen LogP contribution in [0.1, 0.15) is 32.8 Å². The lowest BCUT2D eigenvalue weighted by atomic mass is 10.1. The second-order valence-corrected chi connectivity index (χ2v) is 9.75. The third-order valence-corrected chi connectivity index (χ3v) is 7.91. The zero-order valence-electron chi connectivity index (χ0n) is 16.7. The number of halogens is 2. The predicted molar refractivity (Wildman–Crippen MR) is 127 cm³/mol. The Hall–Kier alpha value is -1.38. The number of rotatable bonds is 4. The summed E-state index contributed by atoms with van der Waals surface area (Å²) in [7, 11) is 1.42. The molecule has 9 heteroatoms. The summed E-state index contributed by atoms with van der Waals surface area (Å²) in [5, 5.41) is 6.17. The first-order chi connectivity index (χ1) is 14.5. The highest BCUT2D eigenvalue weighted by Crippen LogP contribution is 2.39. The molecule has 1 fully saturated rings. The molecule has 0 unspecified atom stereocenters. The zero-order valence-corrected chi connectivity index (χ0v) is 19.8. The van der Waals surface area contributed by atoms with Crippen molar-refractivity contribution < 1.29 is 9.53 Å². The van der Waals surface area contributed by atoms with E-state index in [0.717, 1.165) is 68.1 Å². The van der Waals surface area contributed by atoms with Crippen LogP contribution >= 0.6 is 46.8 Å². The molecule has 30 heavy (non-hydrogen) atoms. The topological polar surface area (TPSA) is 44.8 Å². The molecule has 0 amide bonds. The Kier molecular flexibility index (Phi) is 6.85. The van der Waals surface area contributed by atoms with Crippen molar-refractivity contribution in [1.29, 1.82) is 0 Å². The summed E-state index contributed by atoms with van der Waals surface area (Å²) >= 11 is 19.9. The highest BCUT2D eigenvalue weighted by Gasteiger charge is 2.29. The van der Waals surface area contributed by atoms with E-state index in [1.165, 1.54) is 12.0 Å². The maximum absolute atomic E-state index is 12.3. The van der Waals surface area contributed by atoms with Crippen LogP contribution in [-0.2, 0) is 24.1 Å². The number of esters is 1. The smallest absolute Gasteiger partial charge is 0.341 e. The number of nitrogens with one attached hydrogen (secondary N) is 1. The van der Waals surface area contributed by atoms with Crippen LogP contribution < -0.4 is 5.32 Å². The molecule has 0 radical (unpaired) electrons. The number of carbonyl (C=O) groups excluding carboxylic acids is 1. The van der Waals surface area contributed by atoms with Gasteiger partial charge in [0.2, 0.25) is 0 Å². The van der Waals surface area contributed by atoms with Gasteiger partial charge in [0, 0.05) is 53.2 Å². The normalized spacial score (nSPS) is 16.4. The van der Waals surface area contributed by atoms with Gasteiger partial charge in [0.15, 0.2) is 5.11 Å². The van der Waals surface area contributed by atoms with E-state index in [0.29, 0.717) is 20.7 Å². The van der Waals surface area contributed by atoms with E-state index in [9.17, 15) is 4.79 Å². The van der Waals surface area contributed by atoms with Crippen LogP contribution in [0, 0.1) is 0 Å². The van der Waals surface area contributed by atoms with Gasteiger partial charge in [-0.15, -0.1) is 11.3 Å². The standard InChI is InChI=1S/C21H23Cl2N3O2S2/c1-28-20(27)18-13-4-2-7-17(13)30-19(18)24-21(29)26-10-8-25(9-11-26)12-14-15(22)5-3-6-16(14)23/h3,5-6H,2,4,7-12H2,1H3,(H,24,29). The summed E-state index contributed by atoms with van der Waals surface area (Å²) in [6.45, 7) is 4.03. The van der Waals surface area contributed by atoms with E-state index < -0.39 is 0 Å². The minimum Gasteiger partial charge on any atom is -0.465 e. The van der Waals surface area contributed by atoms with E-state index in [1.54, 1.807) is 11.3 Å². The van der Waals surface area contributed by atoms with E-state index in [-0.39, 0.29) is 5.97 Å². The average molecular weight is 484 g/mol. The quantitative estimate of drug-likeness (QED) is 0.495. The number of thiophene rings is 1. The Morgan fingerprint density at radius 3 is 2.57 bits per heavy atom. The van der Waals surface area contributed by atoms with Crippen LogP contribution in [0.3, 0.4) is 0 Å². The van der Waals surface area contributed by atoms with Gasteiger partial charge < -0.3 is 15.0 Å². The molecule has 2 heterocycles. The molecule has 5 nitrogen and oxygen atoms in total. The van der Waals surface area contributed by atoms with Crippen molar-refractivity contribution in [2.75, 3.05) is 38.6 Å². The first-order valence-electron chi connectivity index (χ1n) is 9.92.